The molecule has 1 aromatic carbocycles. The highest BCUT2D eigenvalue weighted by Gasteiger charge is 2.32. The summed E-state index contributed by atoms with van der Waals surface area (Å²) in [7, 11) is 0. The predicted molar refractivity (Wildman–Crippen MR) is 91.6 cm³/mol. The fourth-order valence-electron chi connectivity index (χ4n) is 3.10. The van der Waals surface area contributed by atoms with E-state index in [-0.39, 0.29) is 6.09 Å². The van der Waals surface area contributed by atoms with Crippen LogP contribution in [0.1, 0.15) is 38.8 Å². The minimum absolute atomic E-state index is 0.387. The Morgan fingerprint density at radius 2 is 2.00 bits per heavy atom. The van der Waals surface area contributed by atoms with Crippen LogP contribution in [0, 0.1) is 6.92 Å². The molecule has 6 nitrogen and oxygen atoms in total. The van der Waals surface area contributed by atoms with Gasteiger partial charge in [0.05, 0.1) is 11.2 Å². The van der Waals surface area contributed by atoms with Crippen LogP contribution in [0.15, 0.2) is 12.3 Å². The van der Waals surface area contributed by atoms with E-state index in [1.165, 1.54) is 6.92 Å². The number of hydrogen-bond acceptors (Lipinski definition) is 4. The summed E-state index contributed by atoms with van der Waals surface area (Å²) in [5.74, 6) is 0.0325. The number of anilines is 1. The lowest BCUT2D eigenvalue weighted by Crippen LogP contribution is -2.35. The first-order chi connectivity index (χ1) is 11.2. The molecule has 0 unspecified atom stereocenters. The molecule has 0 saturated carbocycles. The summed E-state index contributed by atoms with van der Waals surface area (Å²) in [6, 6.07) is 1.74. The van der Waals surface area contributed by atoms with Crippen LogP contribution in [-0.2, 0) is 16.0 Å². The van der Waals surface area contributed by atoms with Crippen LogP contribution in [0.25, 0.3) is 10.9 Å². The molecule has 1 aromatic heterocycles. The van der Waals surface area contributed by atoms with Crippen molar-refractivity contribution in [1.29, 1.82) is 0 Å². The van der Waals surface area contributed by atoms with Crippen LogP contribution in [0.5, 0.6) is 5.75 Å². The summed E-state index contributed by atoms with van der Waals surface area (Å²) in [5.41, 5.74) is 3.10. The molecular formula is C18H22N2O4. The lowest BCUT2D eigenvalue weighted by Gasteiger charge is -2.25. The van der Waals surface area contributed by atoms with Crippen LogP contribution in [-0.4, -0.2) is 29.2 Å². The Labute approximate surface area is 140 Å². The van der Waals surface area contributed by atoms with Gasteiger partial charge in [-0.2, -0.15) is 0 Å². The number of carbonyl (C=O) groups excluding carboxylic acids is 2. The lowest BCUT2D eigenvalue weighted by molar-refractivity contribution is -0.131. The molecule has 0 spiro atoms. The summed E-state index contributed by atoms with van der Waals surface area (Å²) in [4.78, 5) is 28.7. The Morgan fingerprint density at radius 1 is 1.29 bits per heavy atom. The van der Waals surface area contributed by atoms with Crippen molar-refractivity contribution in [3.8, 4) is 5.75 Å². The second kappa shape index (κ2) is 5.54. The van der Waals surface area contributed by atoms with E-state index in [4.69, 9.17) is 9.47 Å². The van der Waals surface area contributed by atoms with E-state index >= 15 is 0 Å². The Hall–Kier alpha value is -2.50. The highest BCUT2D eigenvalue weighted by molar-refractivity contribution is 6.02. The van der Waals surface area contributed by atoms with Crippen LogP contribution in [0.2, 0.25) is 0 Å². The van der Waals surface area contributed by atoms with E-state index < -0.39 is 11.6 Å². The molecule has 0 aliphatic carbocycles. The van der Waals surface area contributed by atoms with Crippen LogP contribution in [0.3, 0.4) is 0 Å². The van der Waals surface area contributed by atoms with Gasteiger partial charge in [-0.1, -0.05) is 0 Å². The molecule has 2 aromatic rings. The van der Waals surface area contributed by atoms with Crippen molar-refractivity contribution in [2.24, 2.45) is 0 Å². The van der Waals surface area contributed by atoms with E-state index in [0.29, 0.717) is 12.3 Å². The van der Waals surface area contributed by atoms with Gasteiger partial charge in [-0.05, 0) is 45.2 Å². The maximum Gasteiger partial charge on any atom is 0.414 e. The van der Waals surface area contributed by atoms with Gasteiger partial charge in [0.2, 0.25) is 0 Å². The number of H-pyrrole nitrogens is 1. The third-order valence-electron chi connectivity index (χ3n) is 3.95. The van der Waals surface area contributed by atoms with Gasteiger partial charge in [-0.15, -0.1) is 0 Å². The maximum atomic E-state index is 12.5. The SMILES string of the molecule is CC(=O)Oc1cc2c(c3c(C)c[nH]c13)CCN2C(=O)OC(C)(C)C. The summed E-state index contributed by atoms with van der Waals surface area (Å²) in [6.07, 6.45) is 2.24. The van der Waals surface area contributed by atoms with Gasteiger partial charge in [0.25, 0.3) is 0 Å². The highest BCUT2D eigenvalue weighted by Crippen LogP contribution is 2.41. The average Bonchev–Trinajstić information content (AvgIpc) is 3.00. The third-order valence-corrected chi connectivity index (χ3v) is 3.95. The molecule has 1 N–H and O–H groups in total. The Kier molecular flexibility index (Phi) is 3.78. The largest absolute Gasteiger partial charge is 0.443 e. The molecule has 0 radical (unpaired) electrons. The molecule has 3 rings (SSSR count). The van der Waals surface area contributed by atoms with Crippen LogP contribution in [0.4, 0.5) is 10.5 Å². The number of ether oxygens (including phenoxy) is 2. The van der Waals surface area contributed by atoms with Crippen LogP contribution < -0.4 is 9.64 Å². The number of carbonyl (C=O) groups is 2. The van der Waals surface area contributed by atoms with Gasteiger partial charge in [0, 0.05) is 31.1 Å². The summed E-state index contributed by atoms with van der Waals surface area (Å²) in [6.45, 7) is 9.42. The third kappa shape index (κ3) is 2.84. The molecule has 128 valence electrons. The number of amides is 1. The number of esters is 1. The molecule has 1 amide bonds. The normalized spacial score (nSPS) is 14.0. The van der Waals surface area contributed by atoms with E-state index in [2.05, 4.69) is 4.98 Å². The molecule has 1 aliphatic rings. The Bertz CT molecular complexity index is 830. The first-order valence-electron chi connectivity index (χ1n) is 8.00. The summed E-state index contributed by atoms with van der Waals surface area (Å²) in [5, 5.41) is 1.01. The van der Waals surface area contributed by atoms with E-state index in [1.54, 1.807) is 11.0 Å². The fraction of sp³-hybridized carbons (Fsp3) is 0.444. The predicted octanol–water partition coefficient (Wildman–Crippen LogP) is 3.70. The molecular weight excluding hydrogens is 308 g/mol. The van der Waals surface area contributed by atoms with Gasteiger partial charge in [-0.3, -0.25) is 9.69 Å². The number of benzene rings is 1. The topological polar surface area (TPSA) is 71.6 Å². The lowest BCUT2D eigenvalue weighted by atomic mass is 10.0. The number of nitrogens with one attached hydrogen (secondary N) is 1. The van der Waals surface area contributed by atoms with Crippen molar-refractivity contribution >= 4 is 28.7 Å². The van der Waals surface area contributed by atoms with Gasteiger partial charge < -0.3 is 14.5 Å². The molecule has 2 heterocycles. The average molecular weight is 330 g/mol. The van der Waals surface area contributed by atoms with Crippen LogP contribution >= 0.6 is 0 Å². The van der Waals surface area contributed by atoms with Crippen molar-refractivity contribution in [3.05, 3.63) is 23.4 Å². The van der Waals surface area contributed by atoms with Crippen molar-refractivity contribution in [2.45, 2.75) is 46.6 Å². The zero-order chi connectivity index (χ0) is 17.6. The monoisotopic (exact) mass is 330 g/mol. The zero-order valence-electron chi connectivity index (χ0n) is 14.6. The Balaban J connectivity index is 2.10. The number of hydrogen-bond donors (Lipinski definition) is 1. The van der Waals surface area contributed by atoms with Crippen molar-refractivity contribution in [2.75, 3.05) is 11.4 Å². The number of aryl methyl sites for hydroxylation is 1. The minimum Gasteiger partial charge on any atom is -0.443 e. The smallest absolute Gasteiger partial charge is 0.414 e. The van der Waals surface area contributed by atoms with Crippen molar-refractivity contribution < 1.29 is 19.1 Å². The number of aromatic nitrogens is 1. The van der Waals surface area contributed by atoms with Crippen molar-refractivity contribution in [1.82, 2.24) is 4.98 Å². The van der Waals surface area contributed by atoms with Gasteiger partial charge in [0.15, 0.2) is 5.75 Å². The Morgan fingerprint density at radius 3 is 2.62 bits per heavy atom. The first kappa shape index (κ1) is 16.4. The number of rotatable bonds is 1. The number of aromatic amines is 1. The zero-order valence-corrected chi connectivity index (χ0v) is 14.6. The minimum atomic E-state index is -0.563. The van der Waals surface area contributed by atoms with E-state index in [0.717, 1.165) is 34.1 Å². The molecule has 0 saturated heterocycles. The highest BCUT2D eigenvalue weighted by atomic mass is 16.6. The molecule has 0 fully saturated rings. The molecule has 0 bridgehead atoms. The molecule has 24 heavy (non-hydrogen) atoms. The summed E-state index contributed by atoms with van der Waals surface area (Å²) >= 11 is 0. The quantitative estimate of drug-likeness (QED) is 0.639. The first-order valence-corrected chi connectivity index (χ1v) is 8.00. The van der Waals surface area contributed by atoms with Gasteiger partial charge in [-0.25, -0.2) is 4.79 Å². The second-order valence-corrected chi connectivity index (χ2v) is 7.07. The maximum absolute atomic E-state index is 12.5. The molecule has 1 aliphatic heterocycles. The molecule has 6 heteroatoms. The fourth-order valence-corrected chi connectivity index (χ4v) is 3.10. The standard InChI is InChI=1S/C18H22N2O4/c1-10-9-19-16-14(23-11(2)21)8-13-12(15(10)16)6-7-20(13)17(22)24-18(3,4)5/h8-9,19H,6-7H2,1-5H3. The summed E-state index contributed by atoms with van der Waals surface area (Å²) < 4.78 is 10.8. The number of fused-ring (bicyclic) bond motifs is 3. The van der Waals surface area contributed by atoms with Gasteiger partial charge in [0.1, 0.15) is 5.60 Å². The molecule has 0 atom stereocenters. The van der Waals surface area contributed by atoms with E-state index in [1.807, 2.05) is 33.9 Å². The van der Waals surface area contributed by atoms with Gasteiger partial charge >= 0.3 is 12.1 Å². The second-order valence-electron chi connectivity index (χ2n) is 7.07. The van der Waals surface area contributed by atoms with Crippen molar-refractivity contribution in [3.63, 3.8) is 0 Å². The van der Waals surface area contributed by atoms with E-state index in [9.17, 15) is 9.59 Å². The number of nitrogens with zero attached hydrogens (tertiary/aromatic N) is 1.